The van der Waals surface area contributed by atoms with E-state index in [1.54, 1.807) is 0 Å². The molecule has 0 aliphatic heterocycles. The fourth-order valence-corrected chi connectivity index (χ4v) is 8.07. The highest BCUT2D eigenvalue weighted by molar-refractivity contribution is 9.12. The molecule has 0 saturated carbocycles. The lowest BCUT2D eigenvalue weighted by Gasteiger charge is -2.28. The zero-order valence-corrected chi connectivity index (χ0v) is 24.3. The minimum Gasteiger partial charge on any atom is -0.504 e. The third kappa shape index (κ3) is 2.99. The molecule has 0 aromatic heterocycles. The summed E-state index contributed by atoms with van der Waals surface area (Å²) in [5.41, 5.74) is 12.0. The second-order valence-corrected chi connectivity index (χ2v) is 12.9. The highest BCUT2D eigenvalue weighted by Gasteiger charge is 2.30. The van der Waals surface area contributed by atoms with E-state index in [9.17, 15) is 5.11 Å². The van der Waals surface area contributed by atoms with E-state index in [0.717, 1.165) is 50.7 Å². The molecule has 4 heteroatoms. The van der Waals surface area contributed by atoms with Crippen LogP contribution in [-0.2, 0) is 25.7 Å². The zero-order valence-electron chi connectivity index (χ0n) is 21.1. The second kappa shape index (κ2) is 7.97. The molecular formula is C34H24Br2O2. The average Bonchev–Trinajstić information content (AvgIpc) is 2.91. The number of hydrogen-bond acceptors (Lipinski definition) is 2. The van der Waals surface area contributed by atoms with Gasteiger partial charge in [0, 0.05) is 38.5 Å². The lowest BCUT2D eigenvalue weighted by molar-refractivity contribution is 0.406. The molecule has 0 fully saturated rings. The summed E-state index contributed by atoms with van der Waals surface area (Å²) >= 11 is 7.54. The molecule has 2 nitrogen and oxygen atoms in total. The van der Waals surface area contributed by atoms with Crippen LogP contribution >= 0.6 is 31.9 Å². The predicted octanol–water partition coefficient (Wildman–Crippen LogP) is 9.83. The average molecular weight is 624 g/mol. The molecule has 4 aromatic rings. The molecule has 0 spiro atoms. The largest absolute Gasteiger partial charge is 0.504 e. The minimum atomic E-state index is 0.260. The first kappa shape index (κ1) is 22.9. The molecule has 0 atom stereocenters. The van der Waals surface area contributed by atoms with Gasteiger partial charge < -0.3 is 9.84 Å². The number of hydrogen-bond donors (Lipinski definition) is 1. The van der Waals surface area contributed by atoms with Gasteiger partial charge in [-0.05, 0) is 105 Å². The molecule has 0 unspecified atom stereocenters. The number of halogens is 2. The minimum absolute atomic E-state index is 0.260. The van der Waals surface area contributed by atoms with Crippen LogP contribution in [0.3, 0.4) is 0 Å². The predicted molar refractivity (Wildman–Crippen MR) is 166 cm³/mol. The van der Waals surface area contributed by atoms with Crippen molar-refractivity contribution in [3.63, 3.8) is 0 Å². The van der Waals surface area contributed by atoms with Crippen LogP contribution in [0.4, 0.5) is 0 Å². The van der Waals surface area contributed by atoms with E-state index >= 15 is 0 Å². The van der Waals surface area contributed by atoms with E-state index in [1.165, 1.54) is 60.5 Å². The summed E-state index contributed by atoms with van der Waals surface area (Å²) < 4.78 is 9.19. The smallest absolute Gasteiger partial charge is 0.177 e. The van der Waals surface area contributed by atoms with Crippen LogP contribution in [0.25, 0.3) is 45.8 Å². The first-order valence-electron chi connectivity index (χ1n) is 13.1. The van der Waals surface area contributed by atoms with Crippen molar-refractivity contribution in [2.24, 2.45) is 0 Å². The van der Waals surface area contributed by atoms with Gasteiger partial charge in [-0.25, -0.2) is 0 Å². The van der Waals surface area contributed by atoms with Crippen LogP contribution in [-0.4, -0.2) is 5.11 Å². The van der Waals surface area contributed by atoms with Gasteiger partial charge in [-0.3, -0.25) is 0 Å². The van der Waals surface area contributed by atoms with Crippen molar-refractivity contribution < 1.29 is 9.84 Å². The molecule has 186 valence electrons. The Hall–Kier alpha value is -3.08. The van der Waals surface area contributed by atoms with Gasteiger partial charge in [0.2, 0.25) is 0 Å². The van der Waals surface area contributed by atoms with E-state index in [-0.39, 0.29) is 5.75 Å². The summed E-state index contributed by atoms with van der Waals surface area (Å²) in [5, 5.41) is 16.8. The van der Waals surface area contributed by atoms with E-state index in [4.69, 9.17) is 4.74 Å². The Balaban J connectivity index is 1.44. The highest BCUT2D eigenvalue weighted by Crippen LogP contribution is 2.52. The van der Waals surface area contributed by atoms with Crippen LogP contribution in [0.15, 0.2) is 39.3 Å². The molecule has 8 rings (SSSR count). The lowest BCUT2D eigenvalue weighted by Crippen LogP contribution is -2.08. The van der Waals surface area contributed by atoms with Crippen LogP contribution in [0.5, 0.6) is 17.2 Å². The van der Waals surface area contributed by atoms with Gasteiger partial charge in [0.25, 0.3) is 0 Å². The molecule has 0 heterocycles. The number of allylic oxidation sites excluding steroid dienone is 4. The van der Waals surface area contributed by atoms with Crippen LogP contribution in [0.2, 0.25) is 0 Å². The monoisotopic (exact) mass is 622 g/mol. The third-order valence-corrected chi connectivity index (χ3v) is 9.83. The van der Waals surface area contributed by atoms with Gasteiger partial charge in [0.05, 0.1) is 0 Å². The van der Waals surface area contributed by atoms with Crippen molar-refractivity contribution in [2.75, 3.05) is 0 Å². The number of phenols is 1. The van der Waals surface area contributed by atoms with Crippen molar-refractivity contribution in [2.45, 2.75) is 39.5 Å². The number of rotatable bonds is 2. The van der Waals surface area contributed by atoms with Gasteiger partial charge in [-0.2, -0.15) is 0 Å². The maximum absolute atomic E-state index is 11.8. The summed E-state index contributed by atoms with van der Waals surface area (Å²) in [5.74, 6) is 1.64. The lowest BCUT2D eigenvalue weighted by atomic mass is 9.79. The maximum atomic E-state index is 11.8. The van der Waals surface area contributed by atoms with Crippen molar-refractivity contribution >= 4 is 77.7 Å². The molecule has 0 bridgehead atoms. The van der Waals surface area contributed by atoms with E-state index in [0.29, 0.717) is 12.2 Å². The molecule has 4 aliphatic carbocycles. The fraction of sp³-hybridized carbons (Fsp3) is 0.176. The van der Waals surface area contributed by atoms with Gasteiger partial charge in [0.15, 0.2) is 11.5 Å². The van der Waals surface area contributed by atoms with Gasteiger partial charge in [-0.1, -0.05) is 68.3 Å². The van der Waals surface area contributed by atoms with Crippen molar-refractivity contribution in [1.29, 1.82) is 0 Å². The summed E-state index contributed by atoms with van der Waals surface area (Å²) in [4.78, 5) is 0. The fourth-order valence-electron chi connectivity index (χ4n) is 7.00. The van der Waals surface area contributed by atoms with E-state index < -0.39 is 0 Å². The van der Waals surface area contributed by atoms with Crippen LogP contribution < -0.4 is 4.74 Å². The Bertz CT molecular complexity index is 1940. The first-order chi connectivity index (χ1) is 18.4. The molecule has 0 amide bonds. The first-order valence-corrected chi connectivity index (χ1v) is 14.7. The van der Waals surface area contributed by atoms with Gasteiger partial charge in [-0.15, -0.1) is 0 Å². The van der Waals surface area contributed by atoms with E-state index in [1.807, 2.05) is 0 Å². The topological polar surface area (TPSA) is 29.5 Å². The Labute approximate surface area is 238 Å². The quantitative estimate of drug-likeness (QED) is 0.241. The normalized spacial score (nSPS) is 16.2. The molecule has 4 aromatic carbocycles. The standard InChI is InChI=1S/C34H24Br2O2/c1-16-17(2)24-6-4-8-26-32(24)31-23(16)5-3-7-25(31)33(37)34(26)38-28-14-20-13-21(35)11-18-9-10-19-12-22(36)15-27(28)30(19)29(18)20/h3-5,8-10,12-14,37H,6-7,11,15H2,1-2H3. The SMILES string of the molecule is Cc1c(C)c2c3c(c(Oc4cc5c6c(ccc7c6c4CC(Br)=C7)CC(Br)=C5)c(O)c4c3c1C=CC4)C=CC2. The highest BCUT2D eigenvalue weighted by atomic mass is 79.9. The Morgan fingerprint density at radius 2 is 1.45 bits per heavy atom. The summed E-state index contributed by atoms with van der Waals surface area (Å²) in [6.45, 7) is 4.43. The Morgan fingerprint density at radius 1 is 0.737 bits per heavy atom. The Morgan fingerprint density at radius 3 is 2.29 bits per heavy atom. The van der Waals surface area contributed by atoms with Crippen LogP contribution in [0, 0.1) is 13.8 Å². The Kier molecular flexibility index (Phi) is 4.79. The molecule has 38 heavy (non-hydrogen) atoms. The zero-order chi connectivity index (χ0) is 25.9. The number of benzene rings is 4. The van der Waals surface area contributed by atoms with Gasteiger partial charge >= 0.3 is 0 Å². The summed E-state index contributed by atoms with van der Waals surface area (Å²) in [6.07, 6.45) is 16.4. The third-order valence-electron chi connectivity index (χ3n) is 8.81. The summed E-state index contributed by atoms with van der Waals surface area (Å²) in [7, 11) is 0. The van der Waals surface area contributed by atoms with Crippen molar-refractivity contribution in [3.05, 3.63) is 95.0 Å². The second-order valence-electron chi connectivity index (χ2n) is 10.8. The van der Waals surface area contributed by atoms with E-state index in [2.05, 4.69) is 100 Å². The summed E-state index contributed by atoms with van der Waals surface area (Å²) in [6, 6.07) is 6.63. The van der Waals surface area contributed by atoms with Crippen molar-refractivity contribution in [1.82, 2.24) is 0 Å². The molecule has 4 aliphatic rings. The molecule has 0 radical (unpaired) electrons. The number of aromatic hydroxyl groups is 1. The number of ether oxygens (including phenoxy) is 1. The molecular weight excluding hydrogens is 600 g/mol. The molecule has 1 N–H and O–H groups in total. The van der Waals surface area contributed by atoms with Crippen molar-refractivity contribution in [3.8, 4) is 17.2 Å². The molecule has 0 saturated heterocycles. The van der Waals surface area contributed by atoms with Crippen LogP contribution in [0.1, 0.15) is 55.6 Å². The maximum Gasteiger partial charge on any atom is 0.177 e. The number of phenolic OH excluding ortho intramolecular Hbond substituents is 1. The van der Waals surface area contributed by atoms with Gasteiger partial charge in [0.1, 0.15) is 5.75 Å².